The molecule has 4 heteroatoms. The van der Waals surface area contributed by atoms with Gasteiger partial charge in [-0.2, -0.15) is 0 Å². The molecule has 8 atom stereocenters. The molecule has 2 saturated heterocycles. The van der Waals surface area contributed by atoms with Crippen molar-refractivity contribution in [2.75, 3.05) is 0 Å². The first kappa shape index (κ1) is 35.1. The number of allylic oxidation sites excluding steroid dienone is 10. The van der Waals surface area contributed by atoms with E-state index < -0.39 is 0 Å². The van der Waals surface area contributed by atoms with E-state index in [4.69, 9.17) is 9.47 Å². The third kappa shape index (κ3) is 7.14. The fraction of sp³-hybridized carbons (Fsp3) is 0.700. The van der Waals surface area contributed by atoms with Crippen LogP contribution in [0.5, 0.6) is 0 Å². The van der Waals surface area contributed by atoms with Crippen LogP contribution in [0.3, 0.4) is 0 Å². The number of aliphatic hydroxyl groups is 2. The van der Waals surface area contributed by atoms with Crippen molar-refractivity contribution in [1.82, 2.24) is 0 Å². The van der Waals surface area contributed by atoms with Gasteiger partial charge in [-0.25, -0.2) is 0 Å². The summed E-state index contributed by atoms with van der Waals surface area (Å²) in [6, 6.07) is 0. The molecule has 0 amide bonds. The highest BCUT2D eigenvalue weighted by Crippen LogP contribution is 2.67. The lowest BCUT2D eigenvalue weighted by atomic mass is 9.63. The molecule has 4 fully saturated rings. The summed E-state index contributed by atoms with van der Waals surface area (Å²) in [5, 5.41) is 20.5. The maximum Gasteiger partial charge on any atom is 0.121 e. The maximum atomic E-state index is 10.3. The molecule has 4 aliphatic rings. The van der Waals surface area contributed by atoms with Gasteiger partial charge < -0.3 is 19.7 Å². The van der Waals surface area contributed by atoms with Crippen LogP contribution in [0.25, 0.3) is 0 Å². The normalized spacial score (nSPS) is 39.6. The lowest BCUT2D eigenvalue weighted by molar-refractivity contribution is 0.0510. The summed E-state index contributed by atoms with van der Waals surface area (Å²) in [7, 11) is 0. The Kier molecular flexibility index (Phi) is 10.2. The number of ether oxygens (including phenoxy) is 2. The Morgan fingerprint density at radius 2 is 1.02 bits per heavy atom. The highest BCUT2D eigenvalue weighted by molar-refractivity contribution is 5.37. The number of epoxide rings is 2. The Morgan fingerprint density at radius 3 is 1.36 bits per heavy atom. The Balaban J connectivity index is 1.15. The van der Waals surface area contributed by atoms with Gasteiger partial charge in [0.2, 0.25) is 0 Å². The van der Waals surface area contributed by atoms with Crippen molar-refractivity contribution in [3.8, 4) is 0 Å². The average Bonchev–Trinajstić information content (AvgIpc) is 3.73. The first-order valence-corrected chi connectivity index (χ1v) is 17.3. The highest BCUT2D eigenvalue weighted by Gasteiger charge is 2.75. The third-order valence-electron chi connectivity index (χ3n) is 11.3. The van der Waals surface area contributed by atoms with E-state index >= 15 is 0 Å². The van der Waals surface area contributed by atoms with Crippen molar-refractivity contribution in [1.29, 1.82) is 0 Å². The molecule has 0 aromatic carbocycles. The molecule has 2 unspecified atom stereocenters. The van der Waals surface area contributed by atoms with Gasteiger partial charge in [-0.3, -0.25) is 0 Å². The second kappa shape index (κ2) is 12.8. The van der Waals surface area contributed by atoms with Gasteiger partial charge in [0.05, 0.1) is 12.2 Å². The fourth-order valence-corrected chi connectivity index (χ4v) is 8.68. The lowest BCUT2D eigenvalue weighted by Gasteiger charge is -2.39. The van der Waals surface area contributed by atoms with Crippen LogP contribution in [0, 0.1) is 22.7 Å². The average molecular weight is 607 g/mol. The Bertz CT molecular complexity index is 1120. The summed E-state index contributed by atoms with van der Waals surface area (Å²) in [5.41, 5.74) is 1.26. The predicted molar refractivity (Wildman–Crippen MR) is 183 cm³/mol. The van der Waals surface area contributed by atoms with Crippen molar-refractivity contribution in [2.45, 2.75) is 155 Å². The minimum absolute atomic E-state index is 0.0755. The number of fused-ring (bicyclic) bond motifs is 2. The van der Waals surface area contributed by atoms with Crippen molar-refractivity contribution in [2.24, 2.45) is 22.7 Å². The molecule has 2 heterocycles. The molecule has 4 rings (SSSR count). The minimum Gasteiger partial charge on any atom is -0.393 e. The van der Waals surface area contributed by atoms with Crippen LogP contribution in [0.2, 0.25) is 0 Å². The van der Waals surface area contributed by atoms with Gasteiger partial charge in [0.25, 0.3) is 0 Å². The number of aliphatic hydroxyl groups excluding tert-OH is 2. The topological polar surface area (TPSA) is 65.5 Å². The minimum atomic E-state index is -0.277. The molecule has 0 aromatic rings. The molecule has 0 aromatic heterocycles. The largest absolute Gasteiger partial charge is 0.393 e. The molecule has 44 heavy (non-hydrogen) atoms. The quantitative estimate of drug-likeness (QED) is 0.125. The van der Waals surface area contributed by atoms with Crippen LogP contribution in [-0.2, 0) is 9.47 Å². The van der Waals surface area contributed by atoms with Gasteiger partial charge in [-0.15, -0.1) is 0 Å². The second-order valence-electron chi connectivity index (χ2n) is 16.5. The molecule has 246 valence electrons. The molecule has 2 saturated carbocycles. The number of unbranched alkanes of at least 4 members (excludes halogenated alkanes) is 1. The Labute approximate surface area is 269 Å². The van der Waals surface area contributed by atoms with Gasteiger partial charge in [-0.1, -0.05) is 114 Å². The smallest absolute Gasteiger partial charge is 0.121 e. The van der Waals surface area contributed by atoms with E-state index in [-0.39, 0.29) is 45.4 Å². The summed E-state index contributed by atoms with van der Waals surface area (Å²) in [5.74, 6) is 1.13. The van der Waals surface area contributed by atoms with E-state index in [2.05, 4.69) is 130 Å². The first-order valence-electron chi connectivity index (χ1n) is 17.3. The van der Waals surface area contributed by atoms with E-state index in [1.165, 1.54) is 36.8 Å². The molecule has 0 bridgehead atoms. The van der Waals surface area contributed by atoms with Crippen molar-refractivity contribution >= 4 is 0 Å². The SMILES string of the molecule is CC(=C/C=C\C(C)CCCCC(C)/C=C/C=C(C)/C=C/[C@@]12O[C@]1(C)C[C@@H](O)CC2(C)C)/C=C/[C@@]12O[C@]1(C)C[C@@H](O)CC2(C)C. The van der Waals surface area contributed by atoms with Crippen LogP contribution < -0.4 is 0 Å². The summed E-state index contributed by atoms with van der Waals surface area (Å²) in [4.78, 5) is 0. The number of hydrogen-bond donors (Lipinski definition) is 2. The summed E-state index contributed by atoms with van der Waals surface area (Å²) < 4.78 is 12.5. The lowest BCUT2D eigenvalue weighted by Crippen LogP contribution is -2.46. The van der Waals surface area contributed by atoms with Crippen LogP contribution in [-0.4, -0.2) is 44.8 Å². The zero-order valence-corrected chi connectivity index (χ0v) is 29.5. The summed E-state index contributed by atoms with van der Waals surface area (Å²) in [6.45, 7) is 22.0. The molecule has 4 nitrogen and oxygen atoms in total. The van der Waals surface area contributed by atoms with Gasteiger partial charge in [0.1, 0.15) is 22.4 Å². The molecule has 0 spiro atoms. The summed E-state index contributed by atoms with van der Waals surface area (Å²) in [6.07, 6.45) is 29.7. The van der Waals surface area contributed by atoms with Gasteiger partial charge in [0.15, 0.2) is 0 Å². The van der Waals surface area contributed by atoms with Crippen molar-refractivity contribution in [3.05, 3.63) is 71.9 Å². The van der Waals surface area contributed by atoms with Gasteiger partial charge in [0, 0.05) is 23.7 Å². The molecular formula is C40H62O4. The maximum absolute atomic E-state index is 10.3. The second-order valence-corrected chi connectivity index (χ2v) is 16.5. The van der Waals surface area contributed by atoms with E-state index in [0.29, 0.717) is 24.7 Å². The van der Waals surface area contributed by atoms with Gasteiger partial charge >= 0.3 is 0 Å². The van der Waals surface area contributed by atoms with Crippen LogP contribution >= 0.6 is 0 Å². The summed E-state index contributed by atoms with van der Waals surface area (Å²) >= 11 is 0. The molecule has 2 aliphatic heterocycles. The monoisotopic (exact) mass is 606 g/mol. The van der Waals surface area contributed by atoms with E-state index in [1.807, 2.05) is 0 Å². The van der Waals surface area contributed by atoms with E-state index in [0.717, 1.165) is 12.8 Å². The highest BCUT2D eigenvalue weighted by atomic mass is 16.6. The standard InChI is InChI=1S/C40H62O4/c1-29(17-13-19-31(3)21-23-39-35(5,6)25-33(41)27-37(39,9)43-39)15-11-12-16-30(2)18-14-20-32(4)22-24-40-36(7,8)26-34(42)28-38(40,10)44-40/h13-14,17-24,29-30,33-34,41-42H,11-12,15-16,25-28H2,1-10H3/b17-13-,18-14+,23-21+,24-22+,31-19-,32-20+/t29?,30?,33-,34-,37+,38+,39-,40-/m0/s1. The fourth-order valence-electron chi connectivity index (χ4n) is 8.68. The molecule has 0 radical (unpaired) electrons. The predicted octanol–water partition coefficient (Wildman–Crippen LogP) is 9.35. The zero-order valence-electron chi connectivity index (χ0n) is 29.5. The van der Waals surface area contributed by atoms with Crippen molar-refractivity contribution in [3.63, 3.8) is 0 Å². The third-order valence-corrected chi connectivity index (χ3v) is 11.3. The Hall–Kier alpha value is -1.72. The number of rotatable bonds is 13. The molecule has 2 N–H and O–H groups in total. The van der Waals surface area contributed by atoms with Crippen molar-refractivity contribution < 1.29 is 19.7 Å². The van der Waals surface area contributed by atoms with E-state index in [1.54, 1.807) is 0 Å². The molecule has 2 aliphatic carbocycles. The first-order chi connectivity index (χ1) is 20.4. The number of hydrogen-bond acceptors (Lipinski definition) is 4. The zero-order chi connectivity index (χ0) is 32.6. The van der Waals surface area contributed by atoms with Crippen LogP contribution in [0.15, 0.2) is 71.9 Å². The van der Waals surface area contributed by atoms with Gasteiger partial charge in [-0.05, 0) is 77.4 Å². The Morgan fingerprint density at radius 1 is 0.659 bits per heavy atom. The van der Waals surface area contributed by atoms with Crippen LogP contribution in [0.4, 0.5) is 0 Å². The van der Waals surface area contributed by atoms with Crippen LogP contribution in [0.1, 0.15) is 121 Å². The van der Waals surface area contributed by atoms with E-state index in [9.17, 15) is 10.2 Å². The molecular weight excluding hydrogens is 544 g/mol.